The first-order valence-electron chi connectivity index (χ1n) is 9.58. The van der Waals surface area contributed by atoms with Crippen LogP contribution in [-0.4, -0.2) is 71.0 Å². The minimum atomic E-state index is -1.01. The molecule has 1 aliphatic rings. The highest BCUT2D eigenvalue weighted by molar-refractivity contribution is 5.70. The van der Waals surface area contributed by atoms with Crippen molar-refractivity contribution in [3.05, 3.63) is 35.9 Å². The van der Waals surface area contributed by atoms with Crippen LogP contribution >= 0.6 is 0 Å². The molecular formula is C20H29N3O6. The third-order valence-electron chi connectivity index (χ3n) is 4.34. The minimum absolute atomic E-state index is 0.151. The summed E-state index contributed by atoms with van der Waals surface area (Å²) < 4.78 is 10.6. The Morgan fingerprint density at radius 2 is 1.93 bits per heavy atom. The molecule has 2 rings (SSSR count). The van der Waals surface area contributed by atoms with Crippen molar-refractivity contribution >= 4 is 18.3 Å². The monoisotopic (exact) mass is 407 g/mol. The molecule has 1 atom stereocenters. The number of amides is 3. The zero-order valence-corrected chi connectivity index (χ0v) is 17.1. The molecule has 9 nitrogen and oxygen atoms in total. The molecule has 0 spiro atoms. The van der Waals surface area contributed by atoms with E-state index in [2.05, 4.69) is 5.32 Å². The fraction of sp³-hybridized carbons (Fsp3) is 0.550. The van der Waals surface area contributed by atoms with Crippen LogP contribution in [0.4, 0.5) is 14.4 Å². The third kappa shape index (κ3) is 7.52. The van der Waals surface area contributed by atoms with Gasteiger partial charge >= 0.3 is 18.3 Å². The quantitative estimate of drug-likeness (QED) is 0.751. The molecule has 3 amide bonds. The lowest BCUT2D eigenvalue weighted by Gasteiger charge is -2.31. The molecule has 1 aromatic rings. The lowest BCUT2D eigenvalue weighted by molar-refractivity contribution is 0.0168. The van der Waals surface area contributed by atoms with E-state index in [1.807, 2.05) is 30.3 Å². The molecule has 0 bridgehead atoms. The van der Waals surface area contributed by atoms with Crippen molar-refractivity contribution in [1.29, 1.82) is 0 Å². The molecule has 1 saturated heterocycles. The average Bonchev–Trinajstić information content (AvgIpc) is 3.13. The number of carbonyl (C=O) groups is 3. The summed E-state index contributed by atoms with van der Waals surface area (Å²) in [5.74, 6) is 0. The van der Waals surface area contributed by atoms with Crippen LogP contribution in [0.25, 0.3) is 0 Å². The molecule has 9 heteroatoms. The number of rotatable bonds is 6. The second-order valence-electron chi connectivity index (χ2n) is 7.83. The Labute approximate surface area is 170 Å². The summed E-state index contributed by atoms with van der Waals surface area (Å²) in [5.41, 5.74) is 0.195. The molecule has 29 heavy (non-hydrogen) atoms. The third-order valence-corrected chi connectivity index (χ3v) is 4.34. The van der Waals surface area contributed by atoms with Crippen LogP contribution in [0, 0.1) is 0 Å². The Morgan fingerprint density at radius 1 is 1.24 bits per heavy atom. The Kier molecular flexibility index (Phi) is 7.69. The largest absolute Gasteiger partial charge is 0.465 e. The number of likely N-dealkylation sites (tertiary alicyclic amines) is 1. The van der Waals surface area contributed by atoms with Gasteiger partial charge in [0.1, 0.15) is 12.2 Å². The predicted octanol–water partition coefficient (Wildman–Crippen LogP) is 2.90. The molecule has 1 heterocycles. The summed E-state index contributed by atoms with van der Waals surface area (Å²) in [6, 6.07) is 9.00. The SMILES string of the molecule is CC(C)(C)OC(=O)N(CCNC(=O)OCc1ccccc1)C1CCN(C(=O)O)C1. The van der Waals surface area contributed by atoms with Crippen LogP contribution in [0.15, 0.2) is 30.3 Å². The Morgan fingerprint density at radius 3 is 2.52 bits per heavy atom. The standard InChI is InChI=1S/C20H29N3O6/c1-20(2,3)29-19(27)23(16-9-11-22(13-16)18(25)26)12-10-21-17(24)28-14-15-7-5-4-6-8-15/h4-8,16H,9-14H2,1-3H3,(H,21,24)(H,25,26). The number of carbonyl (C=O) groups excluding carboxylic acids is 2. The van der Waals surface area contributed by atoms with Gasteiger partial charge in [-0.1, -0.05) is 30.3 Å². The van der Waals surface area contributed by atoms with Crippen molar-refractivity contribution in [2.45, 2.75) is 45.4 Å². The fourth-order valence-corrected chi connectivity index (χ4v) is 2.97. The summed E-state index contributed by atoms with van der Waals surface area (Å²) in [6.45, 7) is 6.36. The van der Waals surface area contributed by atoms with Gasteiger partial charge in [-0.3, -0.25) is 0 Å². The number of benzene rings is 1. The maximum Gasteiger partial charge on any atom is 0.410 e. The van der Waals surface area contributed by atoms with Gasteiger partial charge in [-0.15, -0.1) is 0 Å². The molecule has 2 N–H and O–H groups in total. The van der Waals surface area contributed by atoms with E-state index >= 15 is 0 Å². The van der Waals surface area contributed by atoms with Crippen LogP contribution in [0.5, 0.6) is 0 Å². The van der Waals surface area contributed by atoms with Gasteiger partial charge < -0.3 is 29.7 Å². The van der Waals surface area contributed by atoms with Gasteiger partial charge in [0.05, 0.1) is 6.04 Å². The summed E-state index contributed by atoms with van der Waals surface area (Å²) >= 11 is 0. The second-order valence-corrected chi connectivity index (χ2v) is 7.83. The second kappa shape index (κ2) is 9.99. The van der Waals surface area contributed by atoms with E-state index in [-0.39, 0.29) is 32.3 Å². The van der Waals surface area contributed by atoms with E-state index in [4.69, 9.17) is 14.6 Å². The molecule has 0 aromatic heterocycles. The highest BCUT2D eigenvalue weighted by atomic mass is 16.6. The molecule has 0 aliphatic carbocycles. The van der Waals surface area contributed by atoms with Gasteiger partial charge in [0.15, 0.2) is 0 Å². The summed E-state index contributed by atoms with van der Waals surface area (Å²) in [7, 11) is 0. The molecular weight excluding hydrogens is 378 g/mol. The molecule has 1 fully saturated rings. The Balaban J connectivity index is 1.87. The summed E-state index contributed by atoms with van der Waals surface area (Å²) in [5, 5.41) is 11.8. The van der Waals surface area contributed by atoms with Crippen LogP contribution < -0.4 is 5.32 Å². The van der Waals surface area contributed by atoms with Gasteiger partial charge in [-0.05, 0) is 32.8 Å². The van der Waals surface area contributed by atoms with E-state index < -0.39 is 23.9 Å². The smallest absolute Gasteiger partial charge is 0.410 e. The van der Waals surface area contributed by atoms with Crippen molar-refractivity contribution in [2.75, 3.05) is 26.2 Å². The first-order valence-corrected chi connectivity index (χ1v) is 9.58. The van der Waals surface area contributed by atoms with Crippen LogP contribution in [-0.2, 0) is 16.1 Å². The molecule has 0 radical (unpaired) electrons. The maximum atomic E-state index is 12.6. The van der Waals surface area contributed by atoms with Crippen molar-refractivity contribution in [3.8, 4) is 0 Å². The van der Waals surface area contributed by atoms with Gasteiger partial charge in [-0.2, -0.15) is 0 Å². The van der Waals surface area contributed by atoms with Crippen molar-refractivity contribution in [2.24, 2.45) is 0 Å². The van der Waals surface area contributed by atoms with Crippen molar-refractivity contribution in [3.63, 3.8) is 0 Å². The first kappa shape index (κ1) is 22.3. The van der Waals surface area contributed by atoms with Crippen LogP contribution in [0.1, 0.15) is 32.8 Å². The van der Waals surface area contributed by atoms with Gasteiger partial charge in [0.2, 0.25) is 0 Å². The van der Waals surface area contributed by atoms with Crippen LogP contribution in [0.3, 0.4) is 0 Å². The Hall–Kier alpha value is -2.97. The Bertz CT molecular complexity index is 704. The van der Waals surface area contributed by atoms with E-state index in [0.29, 0.717) is 13.0 Å². The topological polar surface area (TPSA) is 108 Å². The molecule has 1 unspecified atom stereocenters. The average molecular weight is 407 g/mol. The molecule has 1 aromatic carbocycles. The molecule has 0 saturated carbocycles. The number of nitrogens with one attached hydrogen (secondary N) is 1. The highest BCUT2D eigenvalue weighted by Crippen LogP contribution is 2.19. The molecule has 160 valence electrons. The number of ether oxygens (including phenoxy) is 2. The number of hydrogen-bond acceptors (Lipinski definition) is 5. The van der Waals surface area contributed by atoms with Gasteiger partial charge in [-0.25, -0.2) is 14.4 Å². The number of hydrogen-bond donors (Lipinski definition) is 2. The van der Waals surface area contributed by atoms with Crippen LogP contribution in [0.2, 0.25) is 0 Å². The maximum absolute atomic E-state index is 12.6. The number of nitrogens with zero attached hydrogens (tertiary/aromatic N) is 2. The highest BCUT2D eigenvalue weighted by Gasteiger charge is 2.34. The van der Waals surface area contributed by atoms with Gasteiger partial charge in [0, 0.05) is 26.2 Å². The van der Waals surface area contributed by atoms with Gasteiger partial charge in [0.25, 0.3) is 0 Å². The zero-order chi connectivity index (χ0) is 21.4. The van der Waals surface area contributed by atoms with E-state index in [1.165, 1.54) is 9.80 Å². The first-order chi connectivity index (χ1) is 13.7. The summed E-state index contributed by atoms with van der Waals surface area (Å²) in [6.07, 6.45) is -1.62. The normalized spacial score (nSPS) is 16.2. The van der Waals surface area contributed by atoms with E-state index in [1.54, 1.807) is 20.8 Å². The fourth-order valence-electron chi connectivity index (χ4n) is 2.97. The minimum Gasteiger partial charge on any atom is -0.465 e. The van der Waals surface area contributed by atoms with E-state index in [9.17, 15) is 14.4 Å². The lowest BCUT2D eigenvalue weighted by atomic mass is 10.2. The molecule has 1 aliphatic heterocycles. The zero-order valence-electron chi connectivity index (χ0n) is 17.1. The lowest BCUT2D eigenvalue weighted by Crippen LogP contribution is -2.48. The predicted molar refractivity (Wildman–Crippen MR) is 106 cm³/mol. The summed E-state index contributed by atoms with van der Waals surface area (Å²) in [4.78, 5) is 38.4. The van der Waals surface area contributed by atoms with E-state index in [0.717, 1.165) is 5.56 Å². The van der Waals surface area contributed by atoms with Crippen molar-refractivity contribution < 1.29 is 29.0 Å². The van der Waals surface area contributed by atoms with Crippen molar-refractivity contribution in [1.82, 2.24) is 15.1 Å². The number of carboxylic acid groups (broad SMARTS) is 1. The number of alkyl carbamates (subject to hydrolysis) is 1.